The smallest absolute Gasteiger partial charge is 0.164 e. The fourth-order valence-electron chi connectivity index (χ4n) is 9.74. The lowest BCUT2D eigenvalue weighted by atomic mass is 9.97. The second-order valence-electron chi connectivity index (χ2n) is 16.7. The molecule has 0 bridgehead atoms. The van der Waals surface area contributed by atoms with Crippen molar-refractivity contribution in [2.45, 2.75) is 0 Å². The third-order valence-corrected chi connectivity index (χ3v) is 14.1. The Hall–Kier alpha value is -8.51. The molecule has 66 heavy (non-hydrogen) atoms. The molecule has 0 spiro atoms. The van der Waals surface area contributed by atoms with Gasteiger partial charge < -0.3 is 4.57 Å². The first-order chi connectivity index (χ1) is 32.7. The van der Waals surface area contributed by atoms with Crippen LogP contribution >= 0.6 is 11.3 Å². The maximum atomic E-state index is 5.34. The fourth-order valence-corrected chi connectivity index (χ4v) is 11.0. The van der Waals surface area contributed by atoms with E-state index in [1.807, 2.05) is 11.3 Å². The number of fused-ring (bicyclic) bond motifs is 7. The summed E-state index contributed by atoms with van der Waals surface area (Å²) in [5, 5.41) is 7.41. The normalized spacial score (nSPS) is 11.6. The van der Waals surface area contributed by atoms with Gasteiger partial charge in [0.05, 0.1) is 16.7 Å². The van der Waals surface area contributed by atoms with Gasteiger partial charge in [-0.1, -0.05) is 200 Å². The standard InChI is InChI=1S/C61H38N4S/c1-2-15-40(16-3-1)48-36-35-45(38-56(48)65-54-28-9-6-22-50(54)51-23-7-10-29-55(51)65)61-63-59(42-33-31-41(32-34-42)49-26-14-27-53-52-24-8-11-30-57(52)66-58(49)53)62-60(64-61)44-20-12-19-43(37-44)47-25-13-18-39-17-4-5-21-46(39)47/h1-38H. The first-order valence-electron chi connectivity index (χ1n) is 22.3. The Balaban J connectivity index is 1.00. The predicted octanol–water partition coefficient (Wildman–Crippen LogP) is 16.5. The number of rotatable bonds is 7. The van der Waals surface area contributed by atoms with Crippen molar-refractivity contribution in [2.75, 3.05) is 0 Å². The lowest BCUT2D eigenvalue weighted by Gasteiger charge is -2.16. The fraction of sp³-hybridized carbons (Fsp3) is 0. The number of benzene rings is 10. The second kappa shape index (κ2) is 15.6. The lowest BCUT2D eigenvalue weighted by Crippen LogP contribution is -2.02. The van der Waals surface area contributed by atoms with Crippen molar-refractivity contribution in [3.63, 3.8) is 0 Å². The molecule has 0 N–H and O–H groups in total. The monoisotopic (exact) mass is 858 g/mol. The van der Waals surface area contributed by atoms with Gasteiger partial charge in [-0.25, -0.2) is 15.0 Å². The van der Waals surface area contributed by atoms with Crippen molar-refractivity contribution in [1.82, 2.24) is 19.5 Å². The summed E-state index contributed by atoms with van der Waals surface area (Å²) in [6.45, 7) is 0. The summed E-state index contributed by atoms with van der Waals surface area (Å²) in [4.78, 5) is 15.9. The highest BCUT2D eigenvalue weighted by atomic mass is 32.1. The quantitative estimate of drug-likeness (QED) is 0.160. The topological polar surface area (TPSA) is 43.6 Å². The molecular weight excluding hydrogens is 821 g/mol. The predicted molar refractivity (Wildman–Crippen MR) is 277 cm³/mol. The maximum absolute atomic E-state index is 5.34. The molecule has 0 fully saturated rings. The Bertz CT molecular complexity index is 3940. The number of thiophene rings is 1. The number of hydrogen-bond acceptors (Lipinski definition) is 4. The minimum Gasteiger partial charge on any atom is -0.309 e. The van der Waals surface area contributed by atoms with Gasteiger partial charge in [0.15, 0.2) is 17.5 Å². The van der Waals surface area contributed by atoms with Crippen molar-refractivity contribution in [3.05, 3.63) is 231 Å². The molecule has 0 unspecified atom stereocenters. The third-order valence-electron chi connectivity index (χ3n) is 12.9. The molecule has 13 rings (SSSR count). The van der Waals surface area contributed by atoms with Crippen LogP contribution in [-0.4, -0.2) is 19.5 Å². The summed E-state index contributed by atoms with van der Waals surface area (Å²) >= 11 is 1.85. The SMILES string of the molecule is c1ccc(-c2ccc(-c3nc(-c4ccc(-c5cccc6c5sc5ccccc56)cc4)nc(-c4cccc(-c5cccc6ccccc56)c4)n3)cc2-n2c3ccccc3c3ccccc32)cc1. The number of nitrogens with zero attached hydrogens (tertiary/aromatic N) is 4. The van der Waals surface area contributed by atoms with Crippen LogP contribution in [-0.2, 0) is 0 Å². The lowest BCUT2D eigenvalue weighted by molar-refractivity contribution is 1.07. The molecule has 0 aliphatic carbocycles. The van der Waals surface area contributed by atoms with Gasteiger partial charge in [-0.15, -0.1) is 11.3 Å². The van der Waals surface area contributed by atoms with Crippen molar-refractivity contribution in [2.24, 2.45) is 0 Å². The average molecular weight is 859 g/mol. The Labute approximate surface area is 385 Å². The van der Waals surface area contributed by atoms with Crippen molar-refractivity contribution >= 4 is 64.1 Å². The van der Waals surface area contributed by atoms with E-state index in [9.17, 15) is 0 Å². The molecule has 308 valence electrons. The summed E-state index contributed by atoms with van der Waals surface area (Å²) in [6, 6.07) is 82.2. The highest BCUT2D eigenvalue weighted by Gasteiger charge is 2.20. The van der Waals surface area contributed by atoms with Gasteiger partial charge in [-0.05, 0) is 68.9 Å². The Morgan fingerprint density at radius 2 is 0.803 bits per heavy atom. The molecule has 3 aromatic heterocycles. The molecule has 0 atom stereocenters. The van der Waals surface area contributed by atoms with Gasteiger partial charge in [0, 0.05) is 53.2 Å². The zero-order valence-corrected chi connectivity index (χ0v) is 36.5. The molecule has 0 radical (unpaired) electrons. The maximum Gasteiger partial charge on any atom is 0.164 e. The number of aromatic nitrogens is 4. The molecule has 0 amide bonds. The van der Waals surface area contributed by atoms with Gasteiger partial charge >= 0.3 is 0 Å². The van der Waals surface area contributed by atoms with Crippen LogP contribution in [0, 0.1) is 0 Å². The zero-order valence-electron chi connectivity index (χ0n) is 35.6. The van der Waals surface area contributed by atoms with E-state index in [4.69, 9.17) is 15.0 Å². The molecular formula is C61H38N4S. The Morgan fingerprint density at radius 1 is 0.303 bits per heavy atom. The van der Waals surface area contributed by atoms with Gasteiger partial charge in [0.2, 0.25) is 0 Å². The highest BCUT2D eigenvalue weighted by molar-refractivity contribution is 7.26. The van der Waals surface area contributed by atoms with Gasteiger partial charge in [-0.2, -0.15) is 0 Å². The summed E-state index contributed by atoms with van der Waals surface area (Å²) in [6.07, 6.45) is 0. The molecule has 13 aromatic rings. The van der Waals surface area contributed by atoms with Crippen LogP contribution in [0.3, 0.4) is 0 Å². The van der Waals surface area contributed by atoms with Gasteiger partial charge in [-0.3, -0.25) is 0 Å². The van der Waals surface area contributed by atoms with E-state index in [1.165, 1.54) is 52.8 Å². The highest BCUT2D eigenvalue weighted by Crippen LogP contribution is 2.42. The van der Waals surface area contributed by atoms with Crippen molar-refractivity contribution in [3.8, 4) is 73.2 Å². The van der Waals surface area contributed by atoms with Gasteiger partial charge in [0.25, 0.3) is 0 Å². The molecule has 4 nitrogen and oxygen atoms in total. The van der Waals surface area contributed by atoms with Crippen LogP contribution < -0.4 is 0 Å². The van der Waals surface area contributed by atoms with E-state index in [1.54, 1.807) is 0 Å². The first kappa shape index (κ1) is 38.0. The first-order valence-corrected chi connectivity index (χ1v) is 23.1. The van der Waals surface area contributed by atoms with Crippen LogP contribution in [0.4, 0.5) is 0 Å². The van der Waals surface area contributed by atoms with Crippen LogP contribution in [0.1, 0.15) is 0 Å². The molecule has 10 aromatic carbocycles. The summed E-state index contributed by atoms with van der Waals surface area (Å²) in [5.74, 6) is 1.83. The van der Waals surface area contributed by atoms with Crippen LogP contribution in [0.15, 0.2) is 231 Å². The average Bonchev–Trinajstić information content (AvgIpc) is 3.95. The largest absolute Gasteiger partial charge is 0.309 e. The minimum absolute atomic E-state index is 0.603. The number of hydrogen-bond donors (Lipinski definition) is 0. The van der Waals surface area contributed by atoms with E-state index in [0.717, 1.165) is 55.7 Å². The minimum atomic E-state index is 0.603. The van der Waals surface area contributed by atoms with Crippen LogP contribution in [0.2, 0.25) is 0 Å². The summed E-state index contributed by atoms with van der Waals surface area (Å²) < 4.78 is 4.98. The Morgan fingerprint density at radius 3 is 1.58 bits per heavy atom. The molecule has 0 aliphatic rings. The molecule has 3 heterocycles. The van der Waals surface area contributed by atoms with E-state index in [0.29, 0.717) is 17.5 Å². The molecule has 0 aliphatic heterocycles. The van der Waals surface area contributed by atoms with Crippen LogP contribution in [0.25, 0.3) is 126 Å². The van der Waals surface area contributed by atoms with E-state index in [-0.39, 0.29) is 0 Å². The third kappa shape index (κ3) is 6.40. The molecule has 0 saturated heterocycles. The zero-order chi connectivity index (χ0) is 43.6. The second-order valence-corrected chi connectivity index (χ2v) is 17.8. The summed E-state index contributed by atoms with van der Waals surface area (Å²) in [5.41, 5.74) is 13.0. The van der Waals surface area contributed by atoms with Crippen molar-refractivity contribution in [1.29, 1.82) is 0 Å². The van der Waals surface area contributed by atoms with E-state index >= 15 is 0 Å². The van der Waals surface area contributed by atoms with E-state index in [2.05, 4.69) is 235 Å². The van der Waals surface area contributed by atoms with Crippen molar-refractivity contribution < 1.29 is 0 Å². The number of para-hydroxylation sites is 2. The van der Waals surface area contributed by atoms with Gasteiger partial charge in [0.1, 0.15) is 0 Å². The van der Waals surface area contributed by atoms with E-state index < -0.39 is 0 Å². The molecule has 0 saturated carbocycles. The summed E-state index contributed by atoms with van der Waals surface area (Å²) in [7, 11) is 0. The Kier molecular flexibility index (Phi) is 9.00. The molecule has 5 heteroatoms. The van der Waals surface area contributed by atoms with Crippen LogP contribution in [0.5, 0.6) is 0 Å².